The lowest BCUT2D eigenvalue weighted by atomic mass is 10.2. The Morgan fingerprint density at radius 3 is 1.96 bits per heavy atom. The highest BCUT2D eigenvalue weighted by molar-refractivity contribution is 7.80. The molecule has 0 aromatic heterocycles. The molecule has 5 heteroatoms. The molecule has 2 aromatic rings. The zero-order chi connectivity index (χ0) is 17.4. The first kappa shape index (κ1) is 17.8. The second-order valence-electron chi connectivity index (χ2n) is 5.10. The molecule has 2 aromatic carbocycles. The van der Waals surface area contributed by atoms with E-state index in [9.17, 15) is 4.79 Å². The number of nitrogens with one attached hydrogen (secondary N) is 1. The molecule has 0 fully saturated rings. The van der Waals surface area contributed by atoms with Crippen LogP contribution in [0.1, 0.15) is 29.8 Å². The van der Waals surface area contributed by atoms with Crippen LogP contribution in [-0.4, -0.2) is 34.8 Å². The van der Waals surface area contributed by atoms with Crippen molar-refractivity contribution in [3.05, 3.63) is 71.8 Å². The van der Waals surface area contributed by atoms with Crippen molar-refractivity contribution < 1.29 is 4.79 Å². The van der Waals surface area contributed by atoms with Crippen LogP contribution < -0.4 is 5.32 Å². The highest BCUT2D eigenvalue weighted by Crippen LogP contribution is 2.07. The zero-order valence-corrected chi connectivity index (χ0v) is 14.7. The third-order valence-corrected chi connectivity index (χ3v) is 3.75. The number of hydrogen-bond acceptors (Lipinski definition) is 2. The van der Waals surface area contributed by atoms with Crippen LogP contribution in [0.3, 0.4) is 0 Å². The minimum absolute atomic E-state index is 0.162. The van der Waals surface area contributed by atoms with Crippen molar-refractivity contribution in [3.63, 3.8) is 0 Å². The normalized spacial score (nSPS) is 11.0. The van der Waals surface area contributed by atoms with Gasteiger partial charge in [0.1, 0.15) is 5.84 Å². The summed E-state index contributed by atoms with van der Waals surface area (Å²) in [6, 6.07) is 18.8. The molecule has 0 heterocycles. The molecule has 0 spiro atoms. The van der Waals surface area contributed by atoms with E-state index in [0.29, 0.717) is 5.56 Å². The van der Waals surface area contributed by atoms with Crippen LogP contribution in [0.25, 0.3) is 0 Å². The molecule has 0 radical (unpaired) electrons. The van der Waals surface area contributed by atoms with E-state index in [1.807, 2.05) is 48.5 Å². The van der Waals surface area contributed by atoms with Crippen molar-refractivity contribution in [1.29, 1.82) is 0 Å². The molecule has 1 N–H and O–H groups in total. The van der Waals surface area contributed by atoms with E-state index in [0.717, 1.165) is 24.5 Å². The molecular weight excluding hydrogens is 318 g/mol. The highest BCUT2D eigenvalue weighted by atomic mass is 32.1. The monoisotopic (exact) mass is 339 g/mol. The van der Waals surface area contributed by atoms with Crippen LogP contribution in [-0.2, 0) is 0 Å². The maximum Gasteiger partial charge on any atom is 0.257 e. The lowest BCUT2D eigenvalue weighted by molar-refractivity contribution is 0.0977. The van der Waals surface area contributed by atoms with Gasteiger partial charge in [0.05, 0.1) is 0 Å². The fourth-order valence-corrected chi connectivity index (χ4v) is 2.49. The standard InChI is InChI=1S/C19H21N3OS/c1-3-22(4-2)17(15-11-7-5-8-12-15)20-19(24)21-18(23)16-13-9-6-10-14-16/h5-14H,3-4H2,1-2H3,(H,21,23,24)/b20-17-. The Morgan fingerprint density at radius 2 is 1.46 bits per heavy atom. The molecule has 24 heavy (non-hydrogen) atoms. The molecule has 124 valence electrons. The van der Waals surface area contributed by atoms with Crippen molar-refractivity contribution in [1.82, 2.24) is 10.2 Å². The van der Waals surface area contributed by atoms with Crippen molar-refractivity contribution >= 4 is 29.1 Å². The summed E-state index contributed by atoms with van der Waals surface area (Å²) in [5, 5.41) is 2.84. The minimum atomic E-state index is -0.253. The molecule has 0 atom stereocenters. The molecule has 0 saturated heterocycles. The van der Waals surface area contributed by atoms with Gasteiger partial charge in [-0.3, -0.25) is 10.1 Å². The summed E-state index contributed by atoms with van der Waals surface area (Å²) in [6.45, 7) is 5.74. The smallest absolute Gasteiger partial charge is 0.257 e. The van der Waals surface area contributed by atoms with Gasteiger partial charge in [0.25, 0.3) is 5.91 Å². The van der Waals surface area contributed by atoms with Gasteiger partial charge in [-0.15, -0.1) is 0 Å². The third-order valence-electron chi connectivity index (χ3n) is 3.56. The van der Waals surface area contributed by atoms with E-state index < -0.39 is 0 Å². The molecule has 4 nitrogen and oxygen atoms in total. The maximum atomic E-state index is 12.2. The van der Waals surface area contributed by atoms with E-state index in [4.69, 9.17) is 12.2 Å². The number of aliphatic imine (C=N–C) groups is 1. The average Bonchev–Trinajstić information content (AvgIpc) is 2.63. The molecule has 0 aliphatic rings. The minimum Gasteiger partial charge on any atom is -0.357 e. The number of nitrogens with zero attached hydrogens (tertiary/aromatic N) is 2. The molecule has 2 rings (SSSR count). The predicted octanol–water partition coefficient (Wildman–Crippen LogP) is 3.49. The summed E-state index contributed by atoms with van der Waals surface area (Å²) in [5.74, 6) is 0.510. The maximum absolute atomic E-state index is 12.2. The summed E-state index contributed by atoms with van der Waals surface area (Å²) >= 11 is 5.28. The van der Waals surface area contributed by atoms with Crippen molar-refractivity contribution in [2.75, 3.05) is 13.1 Å². The van der Waals surface area contributed by atoms with E-state index in [1.54, 1.807) is 12.1 Å². The first-order valence-corrected chi connectivity index (χ1v) is 8.36. The second-order valence-corrected chi connectivity index (χ2v) is 5.49. The largest absolute Gasteiger partial charge is 0.357 e. The second kappa shape index (κ2) is 8.93. The number of benzene rings is 2. The SMILES string of the molecule is CCN(CC)/C(=N\C(=S)NC(=O)c1ccccc1)c1ccccc1. The Morgan fingerprint density at radius 1 is 0.958 bits per heavy atom. The molecule has 0 aliphatic carbocycles. The summed E-state index contributed by atoms with van der Waals surface area (Å²) in [6.07, 6.45) is 0. The van der Waals surface area contributed by atoms with Gasteiger partial charge in [-0.05, 0) is 38.2 Å². The van der Waals surface area contributed by atoms with Gasteiger partial charge in [0.2, 0.25) is 5.11 Å². The van der Waals surface area contributed by atoms with Crippen LogP contribution in [0.2, 0.25) is 0 Å². The Kier molecular flexibility index (Phi) is 6.63. The summed E-state index contributed by atoms with van der Waals surface area (Å²) in [5.41, 5.74) is 1.52. The molecule has 1 amide bonds. The number of amidine groups is 1. The number of carbonyl (C=O) groups excluding carboxylic acids is 1. The number of amides is 1. The van der Waals surface area contributed by atoms with Gasteiger partial charge in [-0.2, -0.15) is 0 Å². The molecule has 0 saturated carbocycles. The quantitative estimate of drug-likeness (QED) is 0.527. The fourth-order valence-electron chi connectivity index (χ4n) is 2.31. The number of rotatable bonds is 4. The Balaban J connectivity index is 2.22. The first-order valence-electron chi connectivity index (χ1n) is 7.95. The van der Waals surface area contributed by atoms with Gasteiger partial charge in [0, 0.05) is 24.2 Å². The van der Waals surface area contributed by atoms with Gasteiger partial charge in [-0.25, -0.2) is 4.99 Å². The van der Waals surface area contributed by atoms with Crippen molar-refractivity contribution in [3.8, 4) is 0 Å². The Hall–Kier alpha value is -2.53. The fraction of sp³-hybridized carbons (Fsp3) is 0.211. The summed E-state index contributed by atoms with van der Waals surface area (Å²) < 4.78 is 0. The van der Waals surface area contributed by atoms with Crippen LogP contribution in [0.15, 0.2) is 65.7 Å². The summed E-state index contributed by atoms with van der Waals surface area (Å²) in [7, 11) is 0. The van der Waals surface area contributed by atoms with E-state index in [2.05, 4.69) is 29.1 Å². The topological polar surface area (TPSA) is 44.7 Å². The number of hydrogen-bond donors (Lipinski definition) is 1. The lowest BCUT2D eigenvalue weighted by Crippen LogP contribution is -2.35. The van der Waals surface area contributed by atoms with E-state index in [-0.39, 0.29) is 11.0 Å². The van der Waals surface area contributed by atoms with Crippen LogP contribution in [0.5, 0.6) is 0 Å². The lowest BCUT2D eigenvalue weighted by Gasteiger charge is -2.23. The highest BCUT2D eigenvalue weighted by Gasteiger charge is 2.13. The Labute approximate surface area is 148 Å². The molecular formula is C19H21N3OS. The van der Waals surface area contributed by atoms with Gasteiger partial charge >= 0.3 is 0 Å². The van der Waals surface area contributed by atoms with Crippen molar-refractivity contribution in [2.24, 2.45) is 4.99 Å². The Bertz CT molecular complexity index is 710. The predicted molar refractivity (Wildman–Crippen MR) is 102 cm³/mol. The van der Waals surface area contributed by atoms with Gasteiger partial charge < -0.3 is 4.90 Å². The average molecular weight is 339 g/mol. The molecule has 0 aliphatic heterocycles. The zero-order valence-electron chi connectivity index (χ0n) is 13.9. The molecule has 0 bridgehead atoms. The van der Waals surface area contributed by atoms with Crippen LogP contribution in [0, 0.1) is 0 Å². The first-order chi connectivity index (χ1) is 11.7. The van der Waals surface area contributed by atoms with Crippen LogP contribution in [0.4, 0.5) is 0 Å². The number of carbonyl (C=O) groups is 1. The van der Waals surface area contributed by atoms with Crippen molar-refractivity contribution in [2.45, 2.75) is 13.8 Å². The van der Waals surface area contributed by atoms with E-state index in [1.165, 1.54) is 0 Å². The summed E-state index contributed by atoms with van der Waals surface area (Å²) in [4.78, 5) is 18.8. The molecule has 0 unspecified atom stereocenters. The van der Waals surface area contributed by atoms with Gasteiger partial charge in [0.15, 0.2) is 0 Å². The van der Waals surface area contributed by atoms with Crippen LogP contribution >= 0.6 is 12.2 Å². The number of thiocarbonyl (C=S) groups is 1. The van der Waals surface area contributed by atoms with Gasteiger partial charge in [-0.1, -0.05) is 48.5 Å². The third kappa shape index (κ3) is 4.73. The van der Waals surface area contributed by atoms with E-state index >= 15 is 0 Å².